The van der Waals surface area contributed by atoms with E-state index in [2.05, 4.69) is 30.5 Å². The first kappa shape index (κ1) is 14.4. The van der Waals surface area contributed by atoms with E-state index in [9.17, 15) is 14.4 Å². The molecule has 116 valence electrons. The van der Waals surface area contributed by atoms with Crippen LogP contribution in [0.5, 0.6) is 0 Å². The zero-order valence-electron chi connectivity index (χ0n) is 11.7. The average Bonchev–Trinajstić information content (AvgIpc) is 2.99. The third kappa shape index (κ3) is 3.37. The first-order valence-electron chi connectivity index (χ1n) is 6.55. The number of carbonyl (C=O) groups is 1. The molecule has 1 amide bonds. The van der Waals surface area contributed by atoms with E-state index in [0.717, 1.165) is 10.6 Å². The number of hydrogen-bond acceptors (Lipinski definition) is 6. The van der Waals surface area contributed by atoms with Gasteiger partial charge in [-0.3, -0.25) is 34.5 Å². The van der Waals surface area contributed by atoms with E-state index < -0.39 is 17.2 Å². The highest BCUT2D eigenvalue weighted by Gasteiger charge is 2.10. The van der Waals surface area contributed by atoms with Crippen molar-refractivity contribution in [2.45, 2.75) is 6.54 Å². The fraction of sp³-hybridized carbons (Fsp3) is 0.0769. The number of H-pyrrole nitrogens is 2. The molecule has 0 atom stereocenters. The highest BCUT2D eigenvalue weighted by Crippen LogP contribution is 2.11. The Balaban J connectivity index is 1.70. The molecule has 0 aromatic carbocycles. The quantitative estimate of drug-likeness (QED) is 0.585. The van der Waals surface area contributed by atoms with E-state index in [1.807, 2.05) is 0 Å². The fourth-order valence-electron chi connectivity index (χ4n) is 1.82. The number of rotatable bonds is 4. The molecule has 3 aromatic heterocycles. The number of hydrogen-bond donors (Lipinski definition) is 3. The second-order valence-electron chi connectivity index (χ2n) is 4.51. The molecule has 10 heteroatoms. The Bertz CT molecular complexity index is 942. The minimum absolute atomic E-state index is 0.0631. The molecule has 0 aliphatic carbocycles. The lowest BCUT2D eigenvalue weighted by molar-refractivity contribution is -0.116. The summed E-state index contributed by atoms with van der Waals surface area (Å²) < 4.78 is 1.06. The molecule has 0 aliphatic heterocycles. The van der Waals surface area contributed by atoms with Crippen molar-refractivity contribution in [3.05, 3.63) is 57.5 Å². The Labute approximate surface area is 128 Å². The van der Waals surface area contributed by atoms with Gasteiger partial charge >= 0.3 is 5.69 Å². The van der Waals surface area contributed by atoms with Crippen molar-refractivity contribution in [3.8, 4) is 11.5 Å². The van der Waals surface area contributed by atoms with Crippen LogP contribution < -0.4 is 16.6 Å². The van der Waals surface area contributed by atoms with Crippen LogP contribution >= 0.6 is 0 Å². The normalized spacial score (nSPS) is 10.4. The van der Waals surface area contributed by atoms with Crippen LogP contribution in [-0.2, 0) is 11.3 Å². The van der Waals surface area contributed by atoms with Crippen molar-refractivity contribution in [2.24, 2.45) is 0 Å². The number of carbonyl (C=O) groups excluding carboxylic acids is 1. The number of aromatic nitrogens is 6. The zero-order chi connectivity index (χ0) is 16.2. The number of aromatic amines is 2. The van der Waals surface area contributed by atoms with E-state index >= 15 is 0 Å². The smallest absolute Gasteiger partial charge is 0.292 e. The van der Waals surface area contributed by atoms with Crippen molar-refractivity contribution in [1.82, 2.24) is 29.7 Å². The van der Waals surface area contributed by atoms with Crippen LogP contribution in [0.1, 0.15) is 0 Å². The number of pyridine rings is 1. The van der Waals surface area contributed by atoms with Crippen LogP contribution in [-0.4, -0.2) is 35.6 Å². The van der Waals surface area contributed by atoms with Gasteiger partial charge in [0.1, 0.15) is 12.2 Å². The summed E-state index contributed by atoms with van der Waals surface area (Å²) in [5.41, 5.74) is -0.616. The SMILES string of the molecule is O=C(Cn1ccc(=O)[nH]c1=O)Nc1n[nH]c(-c2ccccn2)n1. The zero-order valence-corrected chi connectivity index (χ0v) is 11.7. The molecule has 0 unspecified atom stereocenters. The molecule has 3 rings (SSSR count). The average molecular weight is 313 g/mol. The predicted molar refractivity (Wildman–Crippen MR) is 79.6 cm³/mol. The molecular formula is C13H11N7O3. The minimum Gasteiger partial charge on any atom is -0.292 e. The molecule has 0 fully saturated rings. The molecule has 0 saturated heterocycles. The monoisotopic (exact) mass is 313 g/mol. The van der Waals surface area contributed by atoms with Gasteiger partial charge in [0.05, 0.1) is 0 Å². The third-order valence-electron chi connectivity index (χ3n) is 2.85. The van der Waals surface area contributed by atoms with Gasteiger partial charge in [0.15, 0.2) is 5.82 Å². The summed E-state index contributed by atoms with van der Waals surface area (Å²) in [6.07, 6.45) is 2.84. The van der Waals surface area contributed by atoms with Gasteiger partial charge in [0, 0.05) is 18.5 Å². The number of amides is 1. The predicted octanol–water partition coefficient (Wildman–Crippen LogP) is -0.645. The number of anilines is 1. The van der Waals surface area contributed by atoms with E-state index in [1.54, 1.807) is 24.4 Å². The molecule has 23 heavy (non-hydrogen) atoms. The Kier molecular flexibility index (Phi) is 3.78. The van der Waals surface area contributed by atoms with Gasteiger partial charge < -0.3 is 0 Å². The maximum Gasteiger partial charge on any atom is 0.328 e. The summed E-state index contributed by atoms with van der Waals surface area (Å²) in [7, 11) is 0. The van der Waals surface area contributed by atoms with Gasteiger partial charge in [-0.05, 0) is 12.1 Å². The molecule has 3 N–H and O–H groups in total. The second kappa shape index (κ2) is 6.05. The molecule has 3 heterocycles. The van der Waals surface area contributed by atoms with Gasteiger partial charge in [-0.15, -0.1) is 5.10 Å². The Morgan fingerprint density at radius 3 is 2.87 bits per heavy atom. The molecule has 10 nitrogen and oxygen atoms in total. The van der Waals surface area contributed by atoms with Crippen LogP contribution in [0, 0.1) is 0 Å². The summed E-state index contributed by atoms with van der Waals surface area (Å²) in [6, 6.07) is 6.46. The first-order valence-corrected chi connectivity index (χ1v) is 6.55. The maximum atomic E-state index is 11.9. The molecule has 0 radical (unpaired) electrons. The summed E-state index contributed by atoms with van der Waals surface area (Å²) in [4.78, 5) is 44.6. The molecule has 0 bridgehead atoms. The number of nitrogens with zero attached hydrogens (tertiary/aromatic N) is 4. The van der Waals surface area contributed by atoms with Crippen molar-refractivity contribution in [1.29, 1.82) is 0 Å². The lowest BCUT2D eigenvalue weighted by Crippen LogP contribution is -2.32. The lowest BCUT2D eigenvalue weighted by atomic mass is 10.3. The van der Waals surface area contributed by atoms with Gasteiger partial charge in [-0.1, -0.05) is 6.07 Å². The summed E-state index contributed by atoms with van der Waals surface area (Å²) in [5.74, 6) is -0.0408. The molecule has 3 aromatic rings. The van der Waals surface area contributed by atoms with Gasteiger partial charge in [0.2, 0.25) is 11.9 Å². The van der Waals surface area contributed by atoms with Crippen molar-refractivity contribution < 1.29 is 4.79 Å². The minimum atomic E-state index is -0.670. The third-order valence-corrected chi connectivity index (χ3v) is 2.85. The van der Waals surface area contributed by atoms with E-state index in [0.29, 0.717) is 11.5 Å². The molecule has 0 saturated carbocycles. The largest absolute Gasteiger partial charge is 0.328 e. The summed E-state index contributed by atoms with van der Waals surface area (Å²) in [5, 5.41) is 8.96. The Hall–Kier alpha value is -3.56. The first-order chi connectivity index (χ1) is 11.1. The van der Waals surface area contributed by atoms with Crippen LogP contribution in [0.15, 0.2) is 46.2 Å². The van der Waals surface area contributed by atoms with Gasteiger partial charge in [-0.25, -0.2) is 4.79 Å². The lowest BCUT2D eigenvalue weighted by Gasteiger charge is -2.03. The number of nitrogens with one attached hydrogen (secondary N) is 3. The van der Waals surface area contributed by atoms with Crippen LogP contribution in [0.2, 0.25) is 0 Å². The van der Waals surface area contributed by atoms with Gasteiger partial charge in [-0.2, -0.15) is 4.98 Å². The molecule has 0 spiro atoms. The van der Waals surface area contributed by atoms with E-state index in [1.165, 1.54) is 6.20 Å². The standard InChI is InChI=1S/C13H11N7O3/c21-9-4-6-20(13(23)16-9)7-10(22)15-12-17-11(18-19-12)8-3-1-2-5-14-8/h1-6H,7H2,(H,16,21,23)(H2,15,17,18,19,22). The van der Waals surface area contributed by atoms with Crippen molar-refractivity contribution in [3.63, 3.8) is 0 Å². The van der Waals surface area contributed by atoms with Crippen LogP contribution in [0.3, 0.4) is 0 Å². The molecule has 0 aliphatic rings. The van der Waals surface area contributed by atoms with Crippen molar-refractivity contribution in [2.75, 3.05) is 5.32 Å². The summed E-state index contributed by atoms with van der Waals surface area (Å²) in [6.45, 7) is -0.275. The fourth-order valence-corrected chi connectivity index (χ4v) is 1.82. The second-order valence-corrected chi connectivity index (χ2v) is 4.51. The summed E-state index contributed by atoms with van der Waals surface area (Å²) >= 11 is 0. The highest BCUT2D eigenvalue weighted by atomic mass is 16.2. The van der Waals surface area contributed by atoms with Gasteiger partial charge in [0.25, 0.3) is 5.56 Å². The maximum absolute atomic E-state index is 11.9. The van der Waals surface area contributed by atoms with Crippen LogP contribution in [0.25, 0.3) is 11.5 Å². The topological polar surface area (TPSA) is 138 Å². The Morgan fingerprint density at radius 2 is 2.13 bits per heavy atom. The highest BCUT2D eigenvalue weighted by molar-refractivity contribution is 5.88. The Morgan fingerprint density at radius 1 is 1.26 bits per heavy atom. The molecular weight excluding hydrogens is 302 g/mol. The van der Waals surface area contributed by atoms with E-state index in [-0.39, 0.29) is 12.5 Å². The van der Waals surface area contributed by atoms with Crippen molar-refractivity contribution >= 4 is 11.9 Å². The van der Waals surface area contributed by atoms with E-state index in [4.69, 9.17) is 0 Å². The van der Waals surface area contributed by atoms with Crippen LogP contribution in [0.4, 0.5) is 5.95 Å².